The summed E-state index contributed by atoms with van der Waals surface area (Å²) in [4.78, 5) is 29.7. The normalized spacial score (nSPS) is 11.1. The van der Waals surface area contributed by atoms with Crippen LogP contribution in [0, 0.1) is 18.3 Å². The molecule has 0 aliphatic rings. The summed E-state index contributed by atoms with van der Waals surface area (Å²) in [5.41, 5.74) is 4.55. The minimum Gasteiger partial charge on any atom is -0.462 e. The number of amides is 1. The van der Waals surface area contributed by atoms with Crippen LogP contribution in [0.5, 0.6) is 0 Å². The maximum absolute atomic E-state index is 13.0. The number of aromatic nitrogens is 1. The van der Waals surface area contributed by atoms with Crippen molar-refractivity contribution in [2.75, 3.05) is 11.9 Å². The first-order chi connectivity index (χ1) is 19.9. The largest absolute Gasteiger partial charge is 0.462 e. The monoisotopic (exact) mass is 559 g/mol. The highest BCUT2D eigenvalue weighted by atomic mass is 32.1. The zero-order valence-corrected chi connectivity index (χ0v) is 23.2. The van der Waals surface area contributed by atoms with Crippen LogP contribution in [0.15, 0.2) is 95.4 Å². The second-order valence-corrected chi connectivity index (χ2v) is 10.1. The molecule has 0 saturated heterocycles. The van der Waals surface area contributed by atoms with Gasteiger partial charge in [-0.15, -0.1) is 0 Å². The molecular weight excluding hydrogens is 534 g/mol. The van der Waals surface area contributed by atoms with Crippen molar-refractivity contribution in [2.24, 2.45) is 0 Å². The number of allylic oxidation sites excluding steroid dienone is 1. The molecule has 0 spiro atoms. The number of benzene rings is 3. The summed E-state index contributed by atoms with van der Waals surface area (Å²) in [6.07, 6.45) is 1.62. The smallest absolute Gasteiger partial charge is 0.338 e. The minimum atomic E-state index is -0.381. The van der Waals surface area contributed by atoms with E-state index in [1.54, 1.807) is 73.7 Å². The van der Waals surface area contributed by atoms with Gasteiger partial charge in [-0.05, 0) is 50.2 Å². The molecule has 0 atom stereocenters. The number of hydrogen-bond donors (Lipinski definition) is 1. The summed E-state index contributed by atoms with van der Waals surface area (Å²) in [6, 6.07) is 29.5. The first kappa shape index (κ1) is 27.3. The van der Waals surface area contributed by atoms with Crippen LogP contribution in [0.25, 0.3) is 34.2 Å². The van der Waals surface area contributed by atoms with Gasteiger partial charge < -0.3 is 14.5 Å². The highest BCUT2D eigenvalue weighted by molar-refractivity contribution is 7.17. The van der Waals surface area contributed by atoms with Gasteiger partial charge in [-0.3, -0.25) is 4.79 Å². The van der Waals surface area contributed by atoms with E-state index in [-0.39, 0.29) is 11.9 Å². The summed E-state index contributed by atoms with van der Waals surface area (Å²) < 4.78 is 11.0. The molecule has 0 radical (unpaired) electrons. The number of aryl methyl sites for hydroxylation is 1. The van der Waals surface area contributed by atoms with Crippen molar-refractivity contribution < 1.29 is 18.7 Å². The molecule has 0 fully saturated rings. The Morgan fingerprint density at radius 3 is 2.34 bits per heavy atom. The molecule has 0 aliphatic carbocycles. The van der Waals surface area contributed by atoms with E-state index in [1.807, 2.05) is 37.3 Å². The number of carbonyl (C=O) groups excluding carboxylic acids is 2. The van der Waals surface area contributed by atoms with Crippen LogP contribution in [-0.2, 0) is 4.74 Å². The van der Waals surface area contributed by atoms with E-state index in [2.05, 4.69) is 11.4 Å². The highest BCUT2D eigenvalue weighted by Gasteiger charge is 2.19. The average Bonchev–Trinajstić information content (AvgIpc) is 3.64. The van der Waals surface area contributed by atoms with Crippen molar-refractivity contribution in [2.45, 2.75) is 13.8 Å². The lowest BCUT2D eigenvalue weighted by Gasteiger charge is -2.05. The SMILES string of the molecule is CCOC(=O)c1ccc(-c2ccc(C=C(C#N)c3nc(-c4ccc(C)cc4)c(NC(=O)c4ccccc4)s3)o2)cc1. The third kappa shape index (κ3) is 6.32. The van der Waals surface area contributed by atoms with Crippen LogP contribution in [0.4, 0.5) is 5.00 Å². The zero-order chi connectivity index (χ0) is 28.8. The van der Waals surface area contributed by atoms with Crippen molar-refractivity contribution in [3.63, 3.8) is 0 Å². The Hall–Kier alpha value is -5.26. The molecular formula is C33H25N3O4S. The topological polar surface area (TPSA) is 105 Å². The van der Waals surface area contributed by atoms with Crippen molar-refractivity contribution in [3.8, 4) is 28.7 Å². The molecule has 0 saturated carbocycles. The number of anilines is 1. The highest BCUT2D eigenvalue weighted by Crippen LogP contribution is 2.37. The van der Waals surface area contributed by atoms with Crippen LogP contribution < -0.4 is 5.32 Å². The summed E-state index contributed by atoms with van der Waals surface area (Å²) in [6.45, 7) is 4.07. The molecule has 1 N–H and O–H groups in total. The first-order valence-corrected chi connectivity index (χ1v) is 13.7. The molecule has 7 nitrogen and oxygen atoms in total. The molecule has 5 rings (SSSR count). The number of nitriles is 1. The van der Waals surface area contributed by atoms with Gasteiger partial charge in [-0.25, -0.2) is 9.78 Å². The number of ether oxygens (including phenoxy) is 1. The molecule has 3 aromatic carbocycles. The number of nitrogens with zero attached hydrogens (tertiary/aromatic N) is 2. The standard InChI is InChI=1S/C33H25N3O4S/c1-3-39-33(38)25-15-13-22(14-16-25)28-18-17-27(40-28)19-26(20-34)31-35-29(23-11-9-21(2)10-12-23)32(41-31)36-30(37)24-7-5-4-6-8-24/h4-19H,3H2,1-2H3,(H,36,37). The Morgan fingerprint density at radius 2 is 1.66 bits per heavy atom. The van der Waals surface area contributed by atoms with Crippen molar-refractivity contribution in [1.82, 2.24) is 4.98 Å². The van der Waals surface area contributed by atoms with E-state index in [1.165, 1.54) is 11.3 Å². The Kier molecular flexibility index (Phi) is 8.18. The van der Waals surface area contributed by atoms with Crippen LogP contribution in [0.3, 0.4) is 0 Å². The molecule has 1 amide bonds. The number of hydrogen-bond acceptors (Lipinski definition) is 7. The summed E-state index contributed by atoms with van der Waals surface area (Å²) in [7, 11) is 0. The minimum absolute atomic E-state index is 0.263. The fourth-order valence-electron chi connectivity index (χ4n) is 4.05. The molecule has 8 heteroatoms. The Balaban J connectivity index is 1.45. The molecule has 0 unspecified atom stereocenters. The molecule has 2 heterocycles. The third-order valence-electron chi connectivity index (χ3n) is 6.16. The van der Waals surface area contributed by atoms with Crippen molar-refractivity contribution in [1.29, 1.82) is 5.26 Å². The fourth-order valence-corrected chi connectivity index (χ4v) is 5.00. The van der Waals surface area contributed by atoms with E-state index < -0.39 is 0 Å². The lowest BCUT2D eigenvalue weighted by Crippen LogP contribution is -2.11. The quantitative estimate of drug-likeness (QED) is 0.153. The van der Waals surface area contributed by atoms with Gasteiger partial charge in [-0.1, -0.05) is 71.5 Å². The average molecular weight is 560 g/mol. The molecule has 2 aromatic heterocycles. The summed E-state index contributed by atoms with van der Waals surface area (Å²) in [5.74, 6) is 0.405. The van der Waals surface area contributed by atoms with Gasteiger partial charge in [0.15, 0.2) is 0 Å². The Labute approximate surface area is 241 Å². The van der Waals surface area contributed by atoms with E-state index in [4.69, 9.17) is 14.1 Å². The number of carbonyl (C=O) groups is 2. The molecule has 41 heavy (non-hydrogen) atoms. The van der Waals surface area contributed by atoms with Crippen LogP contribution >= 0.6 is 11.3 Å². The maximum Gasteiger partial charge on any atom is 0.338 e. The van der Waals surface area contributed by atoms with E-state index in [0.717, 1.165) is 16.7 Å². The van der Waals surface area contributed by atoms with Crippen LogP contribution in [0.1, 0.15) is 44.0 Å². The fraction of sp³-hybridized carbons (Fsp3) is 0.0909. The first-order valence-electron chi connectivity index (χ1n) is 12.9. The molecule has 5 aromatic rings. The van der Waals surface area contributed by atoms with Crippen LogP contribution in [-0.4, -0.2) is 23.5 Å². The second kappa shape index (κ2) is 12.3. The van der Waals surface area contributed by atoms with Gasteiger partial charge >= 0.3 is 5.97 Å². The molecule has 0 bridgehead atoms. The van der Waals surface area contributed by atoms with Crippen molar-refractivity contribution >= 4 is 39.9 Å². The number of nitrogens with one attached hydrogen (secondary N) is 1. The Morgan fingerprint density at radius 1 is 0.951 bits per heavy atom. The Bertz CT molecular complexity index is 1760. The third-order valence-corrected chi connectivity index (χ3v) is 7.16. The summed E-state index contributed by atoms with van der Waals surface area (Å²) in [5, 5.41) is 14.0. The number of furan rings is 1. The lowest BCUT2D eigenvalue weighted by molar-refractivity contribution is 0.0526. The molecule has 0 aliphatic heterocycles. The van der Waals surface area contributed by atoms with Gasteiger partial charge in [-0.2, -0.15) is 5.26 Å². The van der Waals surface area contributed by atoms with Crippen LogP contribution in [0.2, 0.25) is 0 Å². The van der Waals surface area contributed by atoms with E-state index in [9.17, 15) is 14.9 Å². The predicted octanol–water partition coefficient (Wildman–Crippen LogP) is 7.87. The number of rotatable bonds is 8. The predicted molar refractivity (Wildman–Crippen MR) is 160 cm³/mol. The van der Waals surface area contributed by atoms with Gasteiger partial charge in [0.25, 0.3) is 5.91 Å². The van der Waals surface area contributed by atoms with E-state index >= 15 is 0 Å². The van der Waals surface area contributed by atoms with Gasteiger partial charge in [0.2, 0.25) is 0 Å². The van der Waals surface area contributed by atoms with Gasteiger partial charge in [0.1, 0.15) is 33.3 Å². The second-order valence-electron chi connectivity index (χ2n) is 9.05. The van der Waals surface area contributed by atoms with E-state index in [0.29, 0.717) is 50.5 Å². The zero-order valence-electron chi connectivity index (χ0n) is 22.4. The molecule has 202 valence electrons. The number of thiazole rings is 1. The van der Waals surface area contributed by atoms with Gasteiger partial charge in [0.05, 0.1) is 17.7 Å². The summed E-state index contributed by atoms with van der Waals surface area (Å²) >= 11 is 1.23. The number of esters is 1. The lowest BCUT2D eigenvalue weighted by atomic mass is 10.1. The van der Waals surface area contributed by atoms with Crippen molar-refractivity contribution in [3.05, 3.63) is 118 Å². The maximum atomic E-state index is 13.0. The van der Waals surface area contributed by atoms with Gasteiger partial charge in [0, 0.05) is 22.8 Å².